The zero-order chi connectivity index (χ0) is 21.1. The first-order chi connectivity index (χ1) is 14.4. The van der Waals surface area contributed by atoms with E-state index < -0.39 is 10.0 Å². The molecule has 7 nitrogen and oxygen atoms in total. The summed E-state index contributed by atoms with van der Waals surface area (Å²) in [4.78, 5) is 21.2. The van der Waals surface area contributed by atoms with Crippen molar-refractivity contribution in [2.75, 3.05) is 18.4 Å². The van der Waals surface area contributed by atoms with Crippen LogP contribution in [-0.2, 0) is 10.0 Å². The molecule has 1 saturated heterocycles. The molecule has 1 amide bonds. The number of carbonyl (C=O) groups excluding carboxylic acids is 1. The molecule has 1 aromatic carbocycles. The molecule has 1 aliphatic heterocycles. The van der Waals surface area contributed by atoms with Crippen molar-refractivity contribution < 1.29 is 13.2 Å². The summed E-state index contributed by atoms with van der Waals surface area (Å²) >= 11 is 1.33. The van der Waals surface area contributed by atoms with Crippen LogP contribution >= 0.6 is 11.3 Å². The van der Waals surface area contributed by atoms with Gasteiger partial charge >= 0.3 is 0 Å². The molecule has 156 valence electrons. The van der Waals surface area contributed by atoms with Gasteiger partial charge in [0, 0.05) is 42.0 Å². The zero-order valence-electron chi connectivity index (χ0n) is 16.5. The lowest BCUT2D eigenvalue weighted by atomic mass is 10.0. The Labute approximate surface area is 179 Å². The third kappa shape index (κ3) is 4.43. The van der Waals surface area contributed by atoms with E-state index in [2.05, 4.69) is 22.2 Å². The maximum Gasteiger partial charge on any atom is 0.257 e. The molecule has 3 aromatic rings. The third-order valence-electron chi connectivity index (χ3n) is 5.07. The number of anilines is 1. The molecule has 0 unspecified atom stereocenters. The zero-order valence-corrected chi connectivity index (χ0v) is 18.1. The van der Waals surface area contributed by atoms with Crippen molar-refractivity contribution in [2.45, 2.75) is 24.7 Å². The van der Waals surface area contributed by atoms with E-state index in [1.807, 2.05) is 17.5 Å². The molecule has 30 heavy (non-hydrogen) atoms. The van der Waals surface area contributed by atoms with Crippen LogP contribution in [0.3, 0.4) is 0 Å². The molecule has 9 heteroatoms. The smallest absolute Gasteiger partial charge is 0.257 e. The second-order valence-corrected chi connectivity index (χ2v) is 10.2. The van der Waals surface area contributed by atoms with Crippen LogP contribution in [0, 0.1) is 5.92 Å². The lowest BCUT2D eigenvalue weighted by Crippen LogP contribution is -2.39. The summed E-state index contributed by atoms with van der Waals surface area (Å²) in [5.41, 5.74) is 2.06. The number of sulfonamides is 1. The third-order valence-corrected chi connectivity index (χ3v) is 7.71. The number of rotatable bonds is 5. The highest BCUT2D eigenvalue weighted by molar-refractivity contribution is 7.89. The molecule has 0 aliphatic carbocycles. The van der Waals surface area contributed by atoms with Gasteiger partial charge in [-0.1, -0.05) is 6.92 Å². The molecule has 1 N–H and O–H groups in total. The Bertz CT molecular complexity index is 1130. The number of aromatic nitrogens is 2. The number of thiazole rings is 1. The van der Waals surface area contributed by atoms with E-state index in [1.54, 1.807) is 12.4 Å². The van der Waals surface area contributed by atoms with Crippen LogP contribution in [0.25, 0.3) is 11.3 Å². The molecule has 0 spiro atoms. The summed E-state index contributed by atoms with van der Waals surface area (Å²) in [5.74, 6) is 0.0232. The molecule has 1 fully saturated rings. The number of amides is 1. The minimum Gasteiger partial charge on any atom is -0.298 e. The summed E-state index contributed by atoms with van der Waals surface area (Å²) in [6.45, 7) is 3.14. The highest BCUT2D eigenvalue weighted by atomic mass is 32.2. The molecule has 1 atom stereocenters. The van der Waals surface area contributed by atoms with Gasteiger partial charge in [-0.2, -0.15) is 4.31 Å². The molecule has 2 aromatic heterocycles. The van der Waals surface area contributed by atoms with Gasteiger partial charge in [0.15, 0.2) is 5.13 Å². The molecule has 0 saturated carbocycles. The van der Waals surface area contributed by atoms with Gasteiger partial charge in [-0.3, -0.25) is 15.1 Å². The summed E-state index contributed by atoms with van der Waals surface area (Å²) in [6, 6.07) is 9.76. The van der Waals surface area contributed by atoms with Gasteiger partial charge in [0.2, 0.25) is 10.0 Å². The van der Waals surface area contributed by atoms with Crippen molar-refractivity contribution in [2.24, 2.45) is 5.92 Å². The van der Waals surface area contributed by atoms with Crippen LogP contribution in [0.5, 0.6) is 0 Å². The fourth-order valence-corrected chi connectivity index (χ4v) is 5.76. The first kappa shape index (κ1) is 20.6. The van der Waals surface area contributed by atoms with Crippen molar-refractivity contribution in [3.8, 4) is 11.3 Å². The van der Waals surface area contributed by atoms with E-state index in [4.69, 9.17) is 0 Å². The Morgan fingerprint density at radius 2 is 1.90 bits per heavy atom. The molecule has 3 heterocycles. The molecule has 4 rings (SSSR count). The number of hydrogen-bond donors (Lipinski definition) is 1. The van der Waals surface area contributed by atoms with E-state index in [0.717, 1.165) is 24.1 Å². The lowest BCUT2D eigenvalue weighted by Gasteiger charge is -2.30. The van der Waals surface area contributed by atoms with Crippen LogP contribution in [0.2, 0.25) is 0 Å². The topological polar surface area (TPSA) is 92.3 Å². The average Bonchev–Trinajstić information content (AvgIpc) is 3.23. The van der Waals surface area contributed by atoms with Crippen molar-refractivity contribution in [3.05, 3.63) is 59.7 Å². The van der Waals surface area contributed by atoms with Crippen molar-refractivity contribution >= 4 is 32.4 Å². The minimum atomic E-state index is -3.54. The number of nitrogens with one attached hydrogen (secondary N) is 1. The van der Waals surface area contributed by atoms with E-state index in [1.165, 1.54) is 39.9 Å². The van der Waals surface area contributed by atoms with Crippen molar-refractivity contribution in [1.82, 2.24) is 14.3 Å². The summed E-state index contributed by atoms with van der Waals surface area (Å²) < 4.78 is 27.2. The quantitative estimate of drug-likeness (QED) is 0.647. The second-order valence-electron chi connectivity index (χ2n) is 7.36. The number of nitrogens with zero attached hydrogens (tertiary/aromatic N) is 3. The van der Waals surface area contributed by atoms with Crippen LogP contribution in [0.15, 0.2) is 59.1 Å². The first-order valence-electron chi connectivity index (χ1n) is 9.71. The largest absolute Gasteiger partial charge is 0.298 e. The van der Waals surface area contributed by atoms with Gasteiger partial charge in [-0.15, -0.1) is 11.3 Å². The van der Waals surface area contributed by atoms with Crippen molar-refractivity contribution in [1.29, 1.82) is 0 Å². The number of benzene rings is 1. The van der Waals surface area contributed by atoms with Crippen molar-refractivity contribution in [3.63, 3.8) is 0 Å². The Balaban J connectivity index is 1.45. The average molecular weight is 443 g/mol. The Kier molecular flexibility index (Phi) is 5.94. The fraction of sp³-hybridized carbons (Fsp3) is 0.286. The predicted octanol–water partition coefficient (Wildman–Crippen LogP) is 3.88. The second kappa shape index (κ2) is 8.63. The number of pyridine rings is 1. The molecule has 1 aliphatic rings. The van der Waals surface area contributed by atoms with E-state index in [0.29, 0.717) is 29.7 Å². The molecular weight excluding hydrogens is 420 g/mol. The monoisotopic (exact) mass is 442 g/mol. The molecule has 0 radical (unpaired) electrons. The van der Waals surface area contributed by atoms with Gasteiger partial charge in [0.25, 0.3) is 5.91 Å². The highest BCUT2D eigenvalue weighted by Gasteiger charge is 2.28. The van der Waals surface area contributed by atoms with E-state index in [-0.39, 0.29) is 10.8 Å². The lowest BCUT2D eigenvalue weighted by molar-refractivity contribution is 0.102. The van der Waals surface area contributed by atoms with Crippen LogP contribution < -0.4 is 5.32 Å². The normalized spacial score (nSPS) is 17.6. The number of carbonyl (C=O) groups is 1. The number of hydrogen-bond acceptors (Lipinski definition) is 6. The van der Waals surface area contributed by atoms with Gasteiger partial charge in [0.05, 0.1) is 10.6 Å². The summed E-state index contributed by atoms with van der Waals surface area (Å²) in [6.07, 6.45) is 5.29. The van der Waals surface area contributed by atoms with Crippen LogP contribution in [0.1, 0.15) is 30.1 Å². The summed E-state index contributed by atoms with van der Waals surface area (Å²) in [5, 5.41) is 5.11. The van der Waals surface area contributed by atoms with Gasteiger partial charge < -0.3 is 0 Å². The maximum atomic E-state index is 12.9. The van der Waals surface area contributed by atoms with E-state index >= 15 is 0 Å². The Hall–Kier alpha value is -2.62. The predicted molar refractivity (Wildman–Crippen MR) is 117 cm³/mol. The van der Waals surface area contributed by atoms with Crippen LogP contribution in [-0.4, -0.2) is 41.7 Å². The fourth-order valence-electron chi connectivity index (χ4n) is 3.45. The SMILES string of the molecule is C[C@H]1CCCN(S(=O)(=O)c2ccc(C(=O)Nc3nc(-c4ccncc4)cs3)cc2)C1. The standard InChI is InChI=1S/C21H22N4O3S2/c1-15-3-2-12-25(13-15)30(27,28)18-6-4-17(5-7-18)20(26)24-21-23-19(14-29-21)16-8-10-22-11-9-16/h4-11,14-15H,2-3,12-13H2,1H3,(H,23,24,26)/t15-/m0/s1. The highest BCUT2D eigenvalue weighted by Crippen LogP contribution is 2.26. The first-order valence-corrected chi connectivity index (χ1v) is 12.0. The van der Waals surface area contributed by atoms with Gasteiger partial charge in [0.1, 0.15) is 0 Å². The molecular formula is C21H22N4O3S2. The Morgan fingerprint density at radius 1 is 1.17 bits per heavy atom. The Morgan fingerprint density at radius 3 is 2.60 bits per heavy atom. The van der Waals surface area contributed by atoms with Gasteiger partial charge in [-0.25, -0.2) is 13.4 Å². The number of piperidine rings is 1. The summed E-state index contributed by atoms with van der Waals surface area (Å²) in [7, 11) is -3.54. The van der Waals surface area contributed by atoms with E-state index in [9.17, 15) is 13.2 Å². The minimum absolute atomic E-state index is 0.211. The molecule has 0 bridgehead atoms. The van der Waals surface area contributed by atoms with Gasteiger partial charge in [-0.05, 0) is 55.2 Å². The van der Waals surface area contributed by atoms with Crippen LogP contribution in [0.4, 0.5) is 5.13 Å². The maximum absolute atomic E-state index is 12.9.